The van der Waals surface area contributed by atoms with Crippen LogP contribution >= 0.6 is 0 Å². The number of hydrogen-bond acceptors (Lipinski definition) is 6. The summed E-state index contributed by atoms with van der Waals surface area (Å²) in [7, 11) is 1.65. The molecule has 0 bridgehead atoms. The molecule has 4 N–H and O–H groups in total. The Morgan fingerprint density at radius 3 is 2.36 bits per heavy atom. The van der Waals surface area contributed by atoms with Gasteiger partial charge in [0.15, 0.2) is 5.78 Å². The van der Waals surface area contributed by atoms with Crippen LogP contribution in [0, 0.1) is 13.8 Å². The van der Waals surface area contributed by atoms with Gasteiger partial charge in [-0.25, -0.2) is 0 Å². The Morgan fingerprint density at radius 1 is 1.11 bits per heavy atom. The summed E-state index contributed by atoms with van der Waals surface area (Å²) in [6, 6.07) is 7.18. The van der Waals surface area contributed by atoms with Crippen molar-refractivity contribution >= 4 is 22.8 Å². The highest BCUT2D eigenvalue weighted by Gasteiger charge is 2.35. The van der Waals surface area contributed by atoms with E-state index in [1.165, 1.54) is 24.4 Å². The number of anilines is 1. The first kappa shape index (κ1) is 38.6. The molecule has 3 rings (SSSR count). The Balaban J connectivity index is 0.000000597. The second-order valence-electron chi connectivity index (χ2n) is 12.3. The first-order chi connectivity index (χ1) is 21.9. The third-order valence-electron chi connectivity index (χ3n) is 7.21. The van der Waals surface area contributed by atoms with Crippen LogP contribution in [0.3, 0.4) is 0 Å². The predicted molar refractivity (Wildman–Crippen MR) is 186 cm³/mol. The number of rotatable bonds is 9. The van der Waals surface area contributed by atoms with Gasteiger partial charge in [-0.3, -0.25) is 9.59 Å². The molecule has 252 valence electrons. The summed E-state index contributed by atoms with van der Waals surface area (Å²) in [5, 5.41) is 13.1. The van der Waals surface area contributed by atoms with Gasteiger partial charge >= 0.3 is 6.18 Å². The number of Topliss-reactive ketones (excluding diaryl/α,β-unsaturated/α-hetero) is 1. The lowest BCUT2D eigenvalue weighted by atomic mass is 9.89. The molecule has 0 atom stereocenters. The van der Waals surface area contributed by atoms with Crippen molar-refractivity contribution in [1.29, 1.82) is 0 Å². The summed E-state index contributed by atoms with van der Waals surface area (Å²) in [6.45, 7) is 15.7. The van der Waals surface area contributed by atoms with Gasteiger partial charge in [0.25, 0.3) is 0 Å². The molecule has 9 heteroatoms. The van der Waals surface area contributed by atoms with E-state index >= 15 is 0 Å². The molecule has 0 amide bonds. The third kappa shape index (κ3) is 11.9. The molecule has 1 aliphatic rings. The summed E-state index contributed by atoms with van der Waals surface area (Å²) in [5.74, 6) is -0.406. The number of carbonyl (C=O) groups is 2. The van der Waals surface area contributed by atoms with E-state index in [4.69, 9.17) is 5.73 Å². The molecule has 0 aromatic heterocycles. The molecule has 0 heterocycles. The van der Waals surface area contributed by atoms with Crippen molar-refractivity contribution in [2.45, 2.75) is 66.1 Å². The van der Waals surface area contributed by atoms with Crippen molar-refractivity contribution in [1.82, 2.24) is 5.32 Å². The van der Waals surface area contributed by atoms with Crippen molar-refractivity contribution in [2.75, 3.05) is 18.5 Å². The standard InChI is InChI=1S/C29H29F3N2O2.C9H17NO/c1-5-34(4)26-17-24(29(30,31)32)23(15-19(26)3)22-10-8-6-7-9-20(22)13-14-25(33)28(36)21-12-11-18(2)27(35)16-21;1-8(11)6-5-7-10-9(2,3)4/h5-6,8,10-17,35H,1,7,9,33H2,2-4H3;5-6,10H,7H2,1-4H3/b20-13+,25-14-;6-5+. The highest BCUT2D eigenvalue weighted by Crippen LogP contribution is 2.42. The number of halogens is 3. The lowest BCUT2D eigenvalue weighted by Gasteiger charge is -2.23. The van der Waals surface area contributed by atoms with Crippen LogP contribution in [0.1, 0.15) is 73.1 Å². The molecule has 0 radical (unpaired) electrons. The fourth-order valence-corrected chi connectivity index (χ4v) is 4.58. The average molecular weight is 650 g/mol. The van der Waals surface area contributed by atoms with Gasteiger partial charge in [0, 0.05) is 30.4 Å². The van der Waals surface area contributed by atoms with Crippen molar-refractivity contribution in [3.8, 4) is 5.75 Å². The largest absolute Gasteiger partial charge is 0.508 e. The van der Waals surface area contributed by atoms with Crippen LogP contribution < -0.4 is 16.0 Å². The zero-order chi connectivity index (χ0) is 35.5. The van der Waals surface area contributed by atoms with Gasteiger partial charge in [0.2, 0.25) is 5.78 Å². The van der Waals surface area contributed by atoms with Gasteiger partial charge in [-0.1, -0.05) is 49.1 Å². The quantitative estimate of drug-likeness (QED) is 0.186. The Kier molecular flexibility index (Phi) is 13.8. The highest BCUT2D eigenvalue weighted by molar-refractivity contribution is 6.08. The van der Waals surface area contributed by atoms with Crippen LogP contribution in [0.5, 0.6) is 5.75 Å². The van der Waals surface area contributed by atoms with Gasteiger partial charge in [-0.05, 0) is 119 Å². The number of nitrogens with zero attached hydrogens (tertiary/aromatic N) is 1. The van der Waals surface area contributed by atoms with Gasteiger partial charge in [-0.2, -0.15) is 13.2 Å². The van der Waals surface area contributed by atoms with Crippen molar-refractivity contribution in [3.05, 3.63) is 125 Å². The summed E-state index contributed by atoms with van der Waals surface area (Å²) in [6.07, 6.45) is 9.67. The number of aryl methyl sites for hydroxylation is 2. The Labute approximate surface area is 276 Å². The number of carbonyl (C=O) groups excluding carboxylic acids is 2. The van der Waals surface area contributed by atoms with Crippen LogP contribution in [-0.4, -0.2) is 35.8 Å². The number of nitrogens with one attached hydrogen (secondary N) is 1. The highest BCUT2D eigenvalue weighted by atomic mass is 19.4. The molecule has 2 aromatic carbocycles. The summed E-state index contributed by atoms with van der Waals surface area (Å²) < 4.78 is 42.5. The van der Waals surface area contributed by atoms with E-state index in [9.17, 15) is 27.9 Å². The van der Waals surface area contributed by atoms with Gasteiger partial charge in [0.05, 0.1) is 11.3 Å². The Hall–Kier alpha value is -4.63. The van der Waals surface area contributed by atoms with E-state index in [1.54, 1.807) is 69.2 Å². The molecule has 47 heavy (non-hydrogen) atoms. The second kappa shape index (κ2) is 16.8. The van der Waals surface area contributed by atoms with Crippen LogP contribution in [0.15, 0.2) is 96.9 Å². The maximum absolute atomic E-state index is 14.2. The maximum Gasteiger partial charge on any atom is 0.417 e. The molecular formula is C38H46F3N3O3. The SMILES string of the molecule is C=CN(C)c1cc(C(F)(F)F)c(C2=CC=CCC/C2=C\C=C(/N)C(=O)c2ccc(C)c(O)c2)cc1C.CC(=O)/C=C/CNC(C)(C)C. The molecule has 0 aliphatic heterocycles. The Morgan fingerprint density at radius 2 is 1.79 bits per heavy atom. The third-order valence-corrected chi connectivity index (χ3v) is 7.21. The number of hydrogen-bond donors (Lipinski definition) is 3. The molecule has 0 spiro atoms. The first-order valence-corrected chi connectivity index (χ1v) is 15.2. The minimum Gasteiger partial charge on any atom is -0.508 e. The van der Waals surface area contributed by atoms with E-state index in [-0.39, 0.29) is 33.9 Å². The number of phenolic OH excluding ortho intramolecular Hbond substituents is 1. The molecule has 0 unspecified atom stereocenters. The normalized spacial score (nSPS) is 14.7. The van der Waals surface area contributed by atoms with E-state index in [2.05, 4.69) is 32.7 Å². The molecule has 6 nitrogen and oxygen atoms in total. The monoisotopic (exact) mass is 649 g/mol. The average Bonchev–Trinajstić information content (AvgIpc) is 3.23. The van der Waals surface area contributed by atoms with E-state index in [1.807, 2.05) is 12.2 Å². The minimum absolute atomic E-state index is 0.0207. The molecule has 0 fully saturated rings. The summed E-state index contributed by atoms with van der Waals surface area (Å²) in [5.41, 5.74) is 8.32. The fraction of sp³-hybridized carbons (Fsp3) is 0.316. The predicted octanol–water partition coefficient (Wildman–Crippen LogP) is 8.51. The van der Waals surface area contributed by atoms with Crippen molar-refractivity contribution in [3.63, 3.8) is 0 Å². The first-order valence-electron chi connectivity index (χ1n) is 15.2. The number of alkyl halides is 3. The summed E-state index contributed by atoms with van der Waals surface area (Å²) >= 11 is 0. The number of phenols is 1. The number of aromatic hydroxyl groups is 1. The lowest BCUT2D eigenvalue weighted by Crippen LogP contribution is -2.35. The number of nitrogens with two attached hydrogens (primary N) is 1. The van der Waals surface area contributed by atoms with E-state index in [0.29, 0.717) is 40.8 Å². The van der Waals surface area contributed by atoms with Crippen LogP contribution in [0.2, 0.25) is 0 Å². The van der Waals surface area contributed by atoms with Gasteiger partial charge < -0.3 is 21.1 Å². The number of ketones is 2. The zero-order valence-corrected chi connectivity index (χ0v) is 28.3. The number of benzene rings is 2. The van der Waals surface area contributed by atoms with Crippen LogP contribution in [-0.2, 0) is 11.0 Å². The maximum atomic E-state index is 14.2. The topological polar surface area (TPSA) is 95.7 Å². The van der Waals surface area contributed by atoms with Crippen LogP contribution in [0.25, 0.3) is 5.57 Å². The van der Waals surface area contributed by atoms with Gasteiger partial charge in [-0.15, -0.1) is 0 Å². The zero-order valence-electron chi connectivity index (χ0n) is 28.3. The summed E-state index contributed by atoms with van der Waals surface area (Å²) in [4.78, 5) is 24.7. The lowest BCUT2D eigenvalue weighted by molar-refractivity contribution is -0.137. The molecule has 0 saturated heterocycles. The van der Waals surface area contributed by atoms with Crippen molar-refractivity contribution in [2.24, 2.45) is 5.73 Å². The number of allylic oxidation sites excluding steroid dienone is 9. The van der Waals surface area contributed by atoms with E-state index in [0.717, 1.165) is 12.6 Å². The fourth-order valence-electron chi connectivity index (χ4n) is 4.58. The minimum atomic E-state index is -4.58. The molecule has 2 aromatic rings. The molecular weight excluding hydrogens is 603 g/mol. The smallest absolute Gasteiger partial charge is 0.417 e. The van der Waals surface area contributed by atoms with Gasteiger partial charge in [0.1, 0.15) is 5.75 Å². The van der Waals surface area contributed by atoms with Crippen molar-refractivity contribution < 1.29 is 27.9 Å². The molecule has 1 aliphatic carbocycles. The second-order valence-corrected chi connectivity index (χ2v) is 12.3. The van der Waals surface area contributed by atoms with Crippen LogP contribution in [0.4, 0.5) is 18.9 Å². The molecule has 0 saturated carbocycles. The van der Waals surface area contributed by atoms with E-state index < -0.39 is 17.5 Å². The Bertz CT molecular complexity index is 1620.